The van der Waals surface area contributed by atoms with Crippen LogP contribution >= 0.6 is 0 Å². The standard InChI is InChI=1S/C35H64N8O10/c1-28(44)41(51)24-8-2-5-20-38-31(46)13-15-34(49)43(53)26-10-4-7-21-39-32(47)14-16-35(50)42(52)25-9-3-6-19-37-30(45)11-12-33(48)40-27-29-17-22-36-23-18-29/h29,36,51-53H,2-27H2,1H3,(H,37,45)(H,38,46)(H,39,47)(H,40,48). The van der Waals surface area contributed by atoms with Crippen molar-refractivity contribution in [3.63, 3.8) is 0 Å². The zero-order chi connectivity index (χ0) is 39.3. The highest BCUT2D eigenvalue weighted by molar-refractivity contribution is 5.84. The van der Waals surface area contributed by atoms with Gasteiger partial charge in [-0.15, -0.1) is 0 Å². The van der Waals surface area contributed by atoms with E-state index in [0.717, 1.165) is 25.9 Å². The minimum absolute atomic E-state index is 0.0582. The smallest absolute Gasteiger partial charge is 0.246 e. The van der Waals surface area contributed by atoms with Gasteiger partial charge in [-0.05, 0) is 89.6 Å². The van der Waals surface area contributed by atoms with Crippen molar-refractivity contribution in [3.05, 3.63) is 0 Å². The first-order chi connectivity index (χ1) is 25.4. The van der Waals surface area contributed by atoms with Gasteiger partial charge in [-0.3, -0.25) is 49.2 Å². The number of hydroxylamine groups is 6. The minimum atomic E-state index is -0.566. The van der Waals surface area contributed by atoms with E-state index < -0.39 is 17.7 Å². The highest BCUT2D eigenvalue weighted by Crippen LogP contribution is 2.10. The number of unbranched alkanes of at least 4 members (excludes halogenated alkanes) is 6. The molecule has 0 saturated carbocycles. The molecule has 0 radical (unpaired) electrons. The van der Waals surface area contributed by atoms with Crippen LogP contribution in [0.2, 0.25) is 0 Å². The van der Waals surface area contributed by atoms with Crippen molar-refractivity contribution in [1.82, 2.24) is 41.8 Å². The van der Waals surface area contributed by atoms with Crippen LogP contribution in [0.1, 0.15) is 116 Å². The van der Waals surface area contributed by atoms with Crippen molar-refractivity contribution < 1.29 is 49.2 Å². The first-order valence-electron chi connectivity index (χ1n) is 19.1. The normalized spacial score (nSPS) is 12.8. The van der Waals surface area contributed by atoms with Crippen LogP contribution in [-0.2, 0) is 33.6 Å². The second-order valence-corrected chi connectivity index (χ2v) is 13.4. The van der Waals surface area contributed by atoms with Gasteiger partial charge in [-0.2, -0.15) is 0 Å². The molecule has 0 aromatic heterocycles. The first-order valence-corrected chi connectivity index (χ1v) is 19.1. The van der Waals surface area contributed by atoms with Gasteiger partial charge in [0.05, 0.1) is 0 Å². The summed E-state index contributed by atoms with van der Waals surface area (Å²) in [5.41, 5.74) is 0. The van der Waals surface area contributed by atoms with Gasteiger partial charge in [0.1, 0.15) is 0 Å². The molecule has 0 aromatic rings. The van der Waals surface area contributed by atoms with Gasteiger partial charge in [0.15, 0.2) is 0 Å². The van der Waals surface area contributed by atoms with Crippen molar-refractivity contribution in [1.29, 1.82) is 0 Å². The molecule has 304 valence electrons. The Morgan fingerprint density at radius 1 is 0.509 bits per heavy atom. The molecular weight excluding hydrogens is 692 g/mol. The molecule has 8 N–H and O–H groups in total. The summed E-state index contributed by atoms with van der Waals surface area (Å²) >= 11 is 0. The number of hydrogen-bond donors (Lipinski definition) is 8. The summed E-state index contributed by atoms with van der Waals surface area (Å²) in [5.74, 6) is -2.02. The zero-order valence-corrected chi connectivity index (χ0v) is 31.5. The minimum Gasteiger partial charge on any atom is -0.356 e. The summed E-state index contributed by atoms with van der Waals surface area (Å²) in [6, 6.07) is 0. The van der Waals surface area contributed by atoms with Crippen molar-refractivity contribution in [2.45, 2.75) is 116 Å². The molecule has 0 spiro atoms. The molecule has 1 aliphatic heterocycles. The molecular formula is C35H64N8O10. The fraction of sp³-hybridized carbons (Fsp3) is 0.800. The van der Waals surface area contributed by atoms with E-state index >= 15 is 0 Å². The molecule has 0 atom stereocenters. The van der Waals surface area contributed by atoms with Crippen molar-refractivity contribution in [2.75, 3.05) is 58.9 Å². The highest BCUT2D eigenvalue weighted by Gasteiger charge is 2.16. The zero-order valence-electron chi connectivity index (χ0n) is 31.5. The van der Waals surface area contributed by atoms with Gasteiger partial charge < -0.3 is 26.6 Å². The topological polar surface area (TPSA) is 250 Å². The Balaban J connectivity index is 1.97. The Bertz CT molecular complexity index is 1120. The molecule has 0 aromatic carbocycles. The maximum atomic E-state index is 12.2. The summed E-state index contributed by atoms with van der Waals surface area (Å²) in [7, 11) is 0. The number of nitrogens with one attached hydrogen (secondary N) is 5. The lowest BCUT2D eigenvalue weighted by atomic mass is 9.98. The number of hydrogen-bond acceptors (Lipinski definition) is 11. The number of carbonyl (C=O) groups is 7. The fourth-order valence-corrected chi connectivity index (χ4v) is 5.40. The van der Waals surface area contributed by atoms with E-state index in [1.54, 1.807) is 0 Å². The predicted octanol–water partition coefficient (Wildman–Crippen LogP) is 0.976. The lowest BCUT2D eigenvalue weighted by Crippen LogP contribution is -2.36. The molecule has 7 amide bonds. The van der Waals surface area contributed by atoms with E-state index in [1.165, 1.54) is 6.92 Å². The Morgan fingerprint density at radius 2 is 0.868 bits per heavy atom. The summed E-state index contributed by atoms with van der Waals surface area (Å²) in [5, 5.41) is 45.4. The van der Waals surface area contributed by atoms with Gasteiger partial charge in [-0.25, -0.2) is 15.2 Å². The Labute approximate surface area is 313 Å². The quantitative estimate of drug-likeness (QED) is 0.0304. The summed E-state index contributed by atoms with van der Waals surface area (Å²) in [4.78, 5) is 83.2. The van der Waals surface area contributed by atoms with Crippen molar-refractivity contribution >= 4 is 41.4 Å². The maximum absolute atomic E-state index is 12.2. The average molecular weight is 757 g/mol. The predicted molar refractivity (Wildman–Crippen MR) is 193 cm³/mol. The molecule has 1 heterocycles. The third-order valence-electron chi connectivity index (χ3n) is 8.80. The molecule has 1 rings (SSSR count). The molecule has 1 aliphatic rings. The lowest BCUT2D eigenvalue weighted by molar-refractivity contribution is -0.166. The van der Waals surface area contributed by atoms with Crippen LogP contribution in [0.25, 0.3) is 0 Å². The van der Waals surface area contributed by atoms with Gasteiger partial charge in [-0.1, -0.05) is 0 Å². The number of nitrogens with zero attached hydrogens (tertiary/aromatic N) is 3. The average Bonchev–Trinajstić information content (AvgIpc) is 3.15. The van der Waals surface area contributed by atoms with Crippen LogP contribution in [0.3, 0.4) is 0 Å². The summed E-state index contributed by atoms with van der Waals surface area (Å²) < 4.78 is 0. The molecule has 1 fully saturated rings. The fourth-order valence-electron chi connectivity index (χ4n) is 5.40. The number of piperidine rings is 1. The maximum Gasteiger partial charge on any atom is 0.246 e. The third-order valence-corrected chi connectivity index (χ3v) is 8.80. The SMILES string of the molecule is CC(=O)N(O)CCCCCNC(=O)CCC(=O)N(O)CCCCCNC(=O)CCC(=O)N(O)CCCCCNC(=O)CCC(=O)NCC1CCNCC1. The molecule has 18 nitrogen and oxygen atoms in total. The first kappa shape index (κ1) is 47.2. The third kappa shape index (κ3) is 25.7. The molecule has 53 heavy (non-hydrogen) atoms. The molecule has 0 bridgehead atoms. The van der Waals surface area contributed by atoms with Crippen LogP contribution < -0.4 is 26.6 Å². The number of rotatable bonds is 29. The highest BCUT2D eigenvalue weighted by atomic mass is 16.5. The molecule has 18 heteroatoms. The number of carbonyl (C=O) groups excluding carboxylic acids is 7. The molecule has 1 saturated heterocycles. The molecule has 0 aliphatic carbocycles. The van der Waals surface area contributed by atoms with Gasteiger partial charge in [0, 0.05) is 91.3 Å². The van der Waals surface area contributed by atoms with E-state index in [-0.39, 0.29) is 81.8 Å². The van der Waals surface area contributed by atoms with Crippen LogP contribution in [0.15, 0.2) is 0 Å². The van der Waals surface area contributed by atoms with E-state index in [1.807, 2.05) is 0 Å². The van der Waals surface area contributed by atoms with E-state index in [4.69, 9.17) is 0 Å². The van der Waals surface area contributed by atoms with Gasteiger partial charge >= 0.3 is 0 Å². The van der Waals surface area contributed by atoms with E-state index in [2.05, 4.69) is 26.6 Å². The Hall–Kier alpha value is -3.87. The van der Waals surface area contributed by atoms with E-state index in [9.17, 15) is 49.2 Å². The Morgan fingerprint density at radius 3 is 1.26 bits per heavy atom. The molecule has 0 unspecified atom stereocenters. The Kier molecular flexibility index (Phi) is 26.3. The van der Waals surface area contributed by atoms with Crippen LogP contribution in [0.5, 0.6) is 0 Å². The lowest BCUT2D eigenvalue weighted by Gasteiger charge is -2.22. The number of amides is 7. The van der Waals surface area contributed by atoms with Crippen LogP contribution in [0, 0.1) is 5.92 Å². The second-order valence-electron chi connectivity index (χ2n) is 13.4. The largest absolute Gasteiger partial charge is 0.356 e. The van der Waals surface area contributed by atoms with Crippen molar-refractivity contribution in [2.24, 2.45) is 5.92 Å². The van der Waals surface area contributed by atoms with Crippen molar-refractivity contribution in [3.8, 4) is 0 Å². The van der Waals surface area contributed by atoms with Gasteiger partial charge in [0.2, 0.25) is 41.4 Å². The van der Waals surface area contributed by atoms with Crippen LogP contribution in [-0.4, -0.2) is 131 Å². The van der Waals surface area contributed by atoms with Crippen LogP contribution in [0.4, 0.5) is 0 Å². The summed E-state index contributed by atoms with van der Waals surface area (Å²) in [6.07, 6.45) is 7.45. The van der Waals surface area contributed by atoms with Gasteiger partial charge in [0.25, 0.3) is 0 Å². The van der Waals surface area contributed by atoms with E-state index in [0.29, 0.717) is 105 Å². The summed E-state index contributed by atoms with van der Waals surface area (Å²) in [6.45, 7) is 5.47. The second kappa shape index (κ2) is 29.6. The monoisotopic (exact) mass is 756 g/mol.